The molecule has 0 fully saturated rings. The van der Waals surface area contributed by atoms with Gasteiger partial charge in [0.15, 0.2) is 22.6 Å². The molecule has 0 spiro atoms. The lowest BCUT2D eigenvalue weighted by Gasteiger charge is -2.08. The summed E-state index contributed by atoms with van der Waals surface area (Å²) in [5, 5.41) is 1.95. The molecule has 1 aromatic rings. The summed E-state index contributed by atoms with van der Waals surface area (Å²) in [6.07, 6.45) is 0. The fraction of sp³-hybridized carbons (Fsp3) is 0. The van der Waals surface area contributed by atoms with Crippen LogP contribution in [0, 0.1) is 17.5 Å². The van der Waals surface area contributed by atoms with Crippen molar-refractivity contribution in [2.75, 3.05) is 5.32 Å². The van der Waals surface area contributed by atoms with Crippen LogP contribution in [0.3, 0.4) is 0 Å². The zero-order valence-corrected chi connectivity index (χ0v) is 8.98. The van der Waals surface area contributed by atoms with Gasteiger partial charge in [-0.2, -0.15) is 0 Å². The highest BCUT2D eigenvalue weighted by Gasteiger charge is 2.16. The zero-order valence-electron chi connectivity index (χ0n) is 6.57. The third-order valence-corrected chi connectivity index (χ3v) is 2.21. The van der Waals surface area contributed by atoms with Crippen molar-refractivity contribution in [2.24, 2.45) is 5.73 Å². The first-order chi connectivity index (χ1) is 6.43. The van der Waals surface area contributed by atoms with Crippen LogP contribution < -0.4 is 11.1 Å². The number of nitrogens with two attached hydrogens (primary N) is 1. The average Bonchev–Trinajstić information content (AvgIpc) is 2.09. The molecule has 0 atom stereocenters. The van der Waals surface area contributed by atoms with Gasteiger partial charge in [0.05, 0.1) is 10.2 Å². The minimum Gasteiger partial charge on any atom is -0.376 e. The van der Waals surface area contributed by atoms with E-state index in [4.69, 9.17) is 5.73 Å². The Hall–Kier alpha value is -0.820. The van der Waals surface area contributed by atoms with Crippen molar-refractivity contribution in [2.45, 2.75) is 0 Å². The molecule has 0 unspecified atom stereocenters. The third kappa shape index (κ3) is 2.16. The van der Waals surface area contributed by atoms with Crippen LogP contribution in [0.4, 0.5) is 18.9 Å². The van der Waals surface area contributed by atoms with Gasteiger partial charge in [0.2, 0.25) is 0 Å². The predicted octanol–water partition coefficient (Wildman–Crippen LogP) is 2.52. The van der Waals surface area contributed by atoms with Gasteiger partial charge in [0.1, 0.15) is 0 Å². The fourth-order valence-corrected chi connectivity index (χ4v) is 1.38. The Kier molecular flexibility index (Phi) is 3.33. The van der Waals surface area contributed by atoms with E-state index in [1.165, 1.54) is 0 Å². The first-order valence-corrected chi connectivity index (χ1v) is 4.53. The van der Waals surface area contributed by atoms with Crippen molar-refractivity contribution < 1.29 is 13.2 Å². The molecule has 0 amide bonds. The Bertz CT molecular complexity index is 397. The largest absolute Gasteiger partial charge is 0.376 e. The smallest absolute Gasteiger partial charge is 0.175 e. The van der Waals surface area contributed by atoms with E-state index in [1.54, 1.807) is 0 Å². The molecule has 1 rings (SSSR count). The van der Waals surface area contributed by atoms with Crippen molar-refractivity contribution >= 4 is 38.9 Å². The highest BCUT2D eigenvalue weighted by molar-refractivity contribution is 9.10. The van der Waals surface area contributed by atoms with Crippen molar-refractivity contribution in [1.82, 2.24) is 0 Å². The van der Waals surface area contributed by atoms with E-state index in [-0.39, 0.29) is 15.3 Å². The van der Waals surface area contributed by atoms with Crippen molar-refractivity contribution in [1.29, 1.82) is 0 Å². The van der Waals surface area contributed by atoms with E-state index in [0.717, 1.165) is 0 Å². The lowest BCUT2D eigenvalue weighted by molar-refractivity contribution is 0.492. The number of hydrogen-bond donors (Lipinski definition) is 2. The van der Waals surface area contributed by atoms with Crippen LogP contribution >= 0.6 is 28.1 Å². The molecule has 0 aromatic heterocycles. The van der Waals surface area contributed by atoms with Gasteiger partial charge in [0, 0.05) is 6.07 Å². The van der Waals surface area contributed by atoms with Gasteiger partial charge in [0.25, 0.3) is 0 Å². The highest BCUT2D eigenvalue weighted by atomic mass is 79.9. The summed E-state index contributed by atoms with van der Waals surface area (Å²) >= 11 is 7.11. The molecule has 2 nitrogen and oxygen atoms in total. The number of nitrogens with one attached hydrogen (secondary N) is 1. The summed E-state index contributed by atoms with van der Waals surface area (Å²) in [5.41, 5.74) is 4.74. The second kappa shape index (κ2) is 4.14. The number of anilines is 1. The van der Waals surface area contributed by atoms with E-state index in [2.05, 4.69) is 33.5 Å². The number of halogens is 4. The maximum atomic E-state index is 13.0. The molecular weight excluding hydrogens is 281 g/mol. The molecule has 0 bridgehead atoms. The second-order valence-electron chi connectivity index (χ2n) is 2.33. The van der Waals surface area contributed by atoms with Crippen LogP contribution in [0.15, 0.2) is 10.5 Å². The standard InChI is InChI=1S/C7H4BrF3N2S/c8-4-5(11)2(9)1-3(10)6(4)13-7(12)14/h1H,(H3,12,13,14). The molecule has 0 saturated carbocycles. The number of benzene rings is 1. The van der Waals surface area contributed by atoms with E-state index in [0.29, 0.717) is 6.07 Å². The molecule has 3 N–H and O–H groups in total. The summed E-state index contributed by atoms with van der Waals surface area (Å²) in [6, 6.07) is 0.403. The summed E-state index contributed by atoms with van der Waals surface area (Å²) in [5.74, 6) is -3.48. The number of rotatable bonds is 1. The van der Waals surface area contributed by atoms with Gasteiger partial charge >= 0.3 is 0 Å². The van der Waals surface area contributed by atoms with Gasteiger partial charge in [-0.1, -0.05) is 0 Å². The van der Waals surface area contributed by atoms with Crippen LogP contribution in [-0.4, -0.2) is 5.11 Å². The number of thiocarbonyl (C=S) groups is 1. The Balaban J connectivity index is 3.29. The molecule has 0 saturated heterocycles. The summed E-state index contributed by atoms with van der Waals surface area (Å²) in [4.78, 5) is 0. The van der Waals surface area contributed by atoms with Crippen LogP contribution in [0.1, 0.15) is 0 Å². The molecule has 14 heavy (non-hydrogen) atoms. The molecule has 0 aliphatic carbocycles. The lowest BCUT2D eigenvalue weighted by atomic mass is 10.3. The first kappa shape index (κ1) is 11.3. The lowest BCUT2D eigenvalue weighted by Crippen LogP contribution is -2.20. The van der Waals surface area contributed by atoms with Gasteiger partial charge in [-0.05, 0) is 28.1 Å². The summed E-state index contributed by atoms with van der Waals surface area (Å²) in [7, 11) is 0. The maximum Gasteiger partial charge on any atom is 0.175 e. The topological polar surface area (TPSA) is 38.0 Å². The molecular formula is C7H4BrF3N2S. The van der Waals surface area contributed by atoms with Gasteiger partial charge < -0.3 is 11.1 Å². The van der Waals surface area contributed by atoms with Crippen molar-refractivity contribution in [3.63, 3.8) is 0 Å². The van der Waals surface area contributed by atoms with Crippen LogP contribution in [0.5, 0.6) is 0 Å². The van der Waals surface area contributed by atoms with Gasteiger partial charge in [-0.3, -0.25) is 0 Å². The third-order valence-electron chi connectivity index (χ3n) is 1.36. The molecule has 0 aliphatic heterocycles. The van der Waals surface area contributed by atoms with Crippen LogP contribution in [0.25, 0.3) is 0 Å². The van der Waals surface area contributed by atoms with Gasteiger partial charge in [-0.25, -0.2) is 13.2 Å². The quantitative estimate of drug-likeness (QED) is 0.473. The maximum absolute atomic E-state index is 13.0. The highest BCUT2D eigenvalue weighted by Crippen LogP contribution is 2.30. The monoisotopic (exact) mass is 284 g/mol. The van der Waals surface area contributed by atoms with E-state index in [1.807, 2.05) is 0 Å². The van der Waals surface area contributed by atoms with Crippen molar-refractivity contribution in [3.05, 3.63) is 28.0 Å². The Labute approximate surface area is 91.4 Å². The molecule has 1 aromatic carbocycles. The second-order valence-corrected chi connectivity index (χ2v) is 3.57. The molecule has 7 heteroatoms. The SMILES string of the molecule is NC(=S)Nc1c(F)cc(F)c(F)c1Br. The molecule has 76 valence electrons. The fourth-order valence-electron chi connectivity index (χ4n) is 0.804. The first-order valence-electron chi connectivity index (χ1n) is 3.33. The van der Waals surface area contributed by atoms with Crippen molar-refractivity contribution in [3.8, 4) is 0 Å². The summed E-state index contributed by atoms with van der Waals surface area (Å²) in [6.45, 7) is 0. The molecule has 0 heterocycles. The van der Waals surface area contributed by atoms with Crippen LogP contribution in [-0.2, 0) is 0 Å². The predicted molar refractivity (Wildman–Crippen MR) is 54.4 cm³/mol. The van der Waals surface area contributed by atoms with Crippen LogP contribution in [0.2, 0.25) is 0 Å². The minimum absolute atomic E-state index is 0.240. The minimum atomic E-state index is -1.29. The van der Waals surface area contributed by atoms with E-state index >= 15 is 0 Å². The summed E-state index contributed by atoms with van der Waals surface area (Å²) < 4.78 is 38.2. The Morgan fingerprint density at radius 2 is 1.93 bits per heavy atom. The zero-order chi connectivity index (χ0) is 10.9. The van der Waals surface area contributed by atoms with E-state index < -0.39 is 17.5 Å². The average molecular weight is 285 g/mol. The molecule has 0 radical (unpaired) electrons. The Morgan fingerprint density at radius 1 is 1.36 bits per heavy atom. The number of hydrogen-bond acceptors (Lipinski definition) is 1. The Morgan fingerprint density at radius 3 is 2.43 bits per heavy atom. The van der Waals surface area contributed by atoms with E-state index in [9.17, 15) is 13.2 Å². The van der Waals surface area contributed by atoms with Gasteiger partial charge in [-0.15, -0.1) is 0 Å². The normalized spacial score (nSPS) is 10.0. The molecule has 0 aliphatic rings.